The number of aromatic amines is 1. The zero-order chi connectivity index (χ0) is 12.9. The molecule has 0 radical (unpaired) electrons. The minimum Gasteiger partial charge on any atom is -0.383 e. The van der Waals surface area contributed by atoms with Crippen molar-refractivity contribution in [2.24, 2.45) is 0 Å². The van der Waals surface area contributed by atoms with Gasteiger partial charge in [-0.05, 0) is 6.07 Å². The van der Waals surface area contributed by atoms with Crippen LogP contribution in [0.1, 0.15) is 32.0 Å². The summed E-state index contributed by atoms with van der Waals surface area (Å²) in [5.41, 5.74) is 1.68. The highest BCUT2D eigenvalue weighted by Gasteiger charge is 2.14. The van der Waals surface area contributed by atoms with E-state index >= 15 is 0 Å². The van der Waals surface area contributed by atoms with Gasteiger partial charge in [0.25, 0.3) is 5.56 Å². The average molecular weight is 238 g/mol. The Labute approximate surface area is 102 Å². The number of ether oxygens (including phenoxy) is 1. The van der Waals surface area contributed by atoms with Crippen molar-refractivity contribution in [2.75, 3.05) is 20.3 Å². The van der Waals surface area contributed by atoms with Gasteiger partial charge in [-0.1, -0.05) is 26.8 Å². The lowest BCUT2D eigenvalue weighted by atomic mass is 9.91. The third-order valence-electron chi connectivity index (χ3n) is 2.60. The molecule has 0 saturated heterocycles. The lowest BCUT2D eigenvalue weighted by Crippen LogP contribution is -2.26. The minimum absolute atomic E-state index is 0.0117. The molecule has 0 bridgehead atoms. The first-order chi connectivity index (χ1) is 7.95. The quantitative estimate of drug-likeness (QED) is 0.763. The summed E-state index contributed by atoms with van der Waals surface area (Å²) in [4.78, 5) is 14.8. The van der Waals surface area contributed by atoms with Gasteiger partial charge in [0.1, 0.15) is 0 Å². The molecule has 2 N–H and O–H groups in total. The van der Waals surface area contributed by atoms with Gasteiger partial charge in [-0.3, -0.25) is 4.79 Å². The summed E-state index contributed by atoms with van der Waals surface area (Å²) >= 11 is 0. The van der Waals surface area contributed by atoms with Crippen LogP contribution in [0.25, 0.3) is 0 Å². The molecular weight excluding hydrogens is 216 g/mol. The van der Waals surface area contributed by atoms with Gasteiger partial charge in [-0.2, -0.15) is 0 Å². The fourth-order valence-corrected chi connectivity index (χ4v) is 1.48. The van der Waals surface area contributed by atoms with Crippen molar-refractivity contribution in [1.29, 1.82) is 0 Å². The van der Waals surface area contributed by atoms with Crippen LogP contribution in [0, 0.1) is 0 Å². The highest BCUT2D eigenvalue weighted by molar-refractivity contribution is 5.19. The van der Waals surface area contributed by atoms with Crippen molar-refractivity contribution in [3.63, 3.8) is 0 Å². The Morgan fingerprint density at radius 1 is 1.35 bits per heavy atom. The number of pyridine rings is 1. The summed E-state index contributed by atoms with van der Waals surface area (Å²) in [5.74, 6) is 0. The molecule has 0 aromatic carbocycles. The summed E-state index contributed by atoms with van der Waals surface area (Å²) in [7, 11) is 1.66. The van der Waals surface area contributed by atoms with Crippen LogP contribution in [0.3, 0.4) is 0 Å². The Morgan fingerprint density at radius 3 is 2.59 bits per heavy atom. The Kier molecular flexibility index (Phi) is 4.90. The molecule has 0 fully saturated rings. The van der Waals surface area contributed by atoms with E-state index in [0.717, 1.165) is 17.8 Å². The second kappa shape index (κ2) is 5.98. The number of H-pyrrole nitrogens is 1. The van der Waals surface area contributed by atoms with Gasteiger partial charge < -0.3 is 15.0 Å². The molecule has 1 aromatic rings. The molecule has 0 amide bonds. The highest BCUT2D eigenvalue weighted by atomic mass is 16.5. The van der Waals surface area contributed by atoms with Crippen molar-refractivity contribution in [3.8, 4) is 0 Å². The molecule has 0 aliphatic rings. The third-order valence-corrected chi connectivity index (χ3v) is 2.60. The Morgan fingerprint density at radius 2 is 2.06 bits per heavy atom. The van der Waals surface area contributed by atoms with Crippen LogP contribution in [0.15, 0.2) is 16.9 Å². The zero-order valence-electron chi connectivity index (χ0n) is 11.1. The number of rotatable bonds is 5. The van der Waals surface area contributed by atoms with Crippen LogP contribution >= 0.6 is 0 Å². The SMILES string of the molecule is COCCNCc1ccc(C(C)(C)C)[nH]c1=O. The van der Waals surface area contributed by atoms with Crippen LogP contribution in [0.5, 0.6) is 0 Å². The summed E-state index contributed by atoms with van der Waals surface area (Å²) in [6.07, 6.45) is 0. The fourth-order valence-electron chi connectivity index (χ4n) is 1.48. The van der Waals surface area contributed by atoms with Crippen LogP contribution in [-0.2, 0) is 16.7 Å². The normalized spacial score (nSPS) is 11.8. The molecule has 0 aliphatic heterocycles. The van der Waals surface area contributed by atoms with E-state index in [2.05, 4.69) is 31.1 Å². The van der Waals surface area contributed by atoms with Gasteiger partial charge >= 0.3 is 0 Å². The number of hydrogen-bond donors (Lipinski definition) is 2. The Hall–Kier alpha value is -1.13. The molecule has 4 nitrogen and oxygen atoms in total. The van der Waals surface area contributed by atoms with E-state index in [1.165, 1.54) is 0 Å². The summed E-state index contributed by atoms with van der Waals surface area (Å²) in [6.45, 7) is 8.20. The number of nitrogens with one attached hydrogen (secondary N) is 2. The summed E-state index contributed by atoms with van der Waals surface area (Å²) in [6, 6.07) is 3.87. The zero-order valence-corrected chi connectivity index (χ0v) is 11.1. The first kappa shape index (κ1) is 13.9. The molecule has 1 aromatic heterocycles. The first-order valence-electron chi connectivity index (χ1n) is 5.87. The summed E-state index contributed by atoms with van der Waals surface area (Å²) < 4.78 is 4.93. The second-order valence-electron chi connectivity index (χ2n) is 5.15. The van der Waals surface area contributed by atoms with Crippen LogP contribution in [0.4, 0.5) is 0 Å². The topological polar surface area (TPSA) is 54.1 Å². The predicted octanol–water partition coefficient (Wildman–Crippen LogP) is 1.41. The van der Waals surface area contributed by atoms with E-state index in [4.69, 9.17) is 4.74 Å². The number of aromatic nitrogens is 1. The van der Waals surface area contributed by atoms with E-state index in [1.54, 1.807) is 7.11 Å². The molecule has 0 atom stereocenters. The van der Waals surface area contributed by atoms with E-state index < -0.39 is 0 Å². The van der Waals surface area contributed by atoms with Crippen molar-refractivity contribution in [3.05, 3.63) is 33.7 Å². The molecule has 1 rings (SSSR count). The van der Waals surface area contributed by atoms with Gasteiger partial charge in [0, 0.05) is 36.9 Å². The fraction of sp³-hybridized carbons (Fsp3) is 0.615. The molecule has 0 unspecified atom stereocenters. The van der Waals surface area contributed by atoms with E-state index in [-0.39, 0.29) is 11.0 Å². The van der Waals surface area contributed by atoms with Crippen molar-refractivity contribution in [2.45, 2.75) is 32.7 Å². The largest absolute Gasteiger partial charge is 0.383 e. The van der Waals surface area contributed by atoms with Crippen molar-refractivity contribution < 1.29 is 4.74 Å². The molecule has 0 saturated carbocycles. The van der Waals surface area contributed by atoms with Gasteiger partial charge in [0.15, 0.2) is 0 Å². The molecule has 96 valence electrons. The molecule has 0 aliphatic carbocycles. The highest BCUT2D eigenvalue weighted by Crippen LogP contribution is 2.18. The summed E-state index contributed by atoms with van der Waals surface area (Å²) in [5, 5.41) is 3.16. The van der Waals surface area contributed by atoms with E-state index in [0.29, 0.717) is 13.2 Å². The van der Waals surface area contributed by atoms with E-state index in [9.17, 15) is 4.79 Å². The monoisotopic (exact) mass is 238 g/mol. The Balaban J connectivity index is 2.67. The lowest BCUT2D eigenvalue weighted by molar-refractivity contribution is 0.199. The first-order valence-corrected chi connectivity index (χ1v) is 5.87. The van der Waals surface area contributed by atoms with Gasteiger partial charge in [-0.25, -0.2) is 0 Å². The second-order valence-corrected chi connectivity index (χ2v) is 5.15. The molecular formula is C13H22N2O2. The van der Waals surface area contributed by atoms with Crippen molar-refractivity contribution >= 4 is 0 Å². The number of methoxy groups -OCH3 is 1. The van der Waals surface area contributed by atoms with Crippen LogP contribution in [-0.4, -0.2) is 25.2 Å². The minimum atomic E-state index is -0.0266. The Bertz CT molecular complexity index is 405. The maximum Gasteiger partial charge on any atom is 0.252 e. The van der Waals surface area contributed by atoms with Gasteiger partial charge in [-0.15, -0.1) is 0 Å². The molecule has 0 spiro atoms. The third kappa shape index (κ3) is 4.32. The lowest BCUT2D eigenvalue weighted by Gasteiger charge is -2.18. The average Bonchev–Trinajstić information content (AvgIpc) is 2.24. The van der Waals surface area contributed by atoms with Crippen molar-refractivity contribution in [1.82, 2.24) is 10.3 Å². The standard InChI is InChI=1S/C13H22N2O2/c1-13(2,3)11-6-5-10(12(16)15-11)9-14-7-8-17-4/h5-6,14H,7-9H2,1-4H3,(H,15,16). The molecule has 17 heavy (non-hydrogen) atoms. The molecule has 1 heterocycles. The van der Waals surface area contributed by atoms with Gasteiger partial charge in [0.05, 0.1) is 6.61 Å². The maximum atomic E-state index is 11.8. The van der Waals surface area contributed by atoms with Crippen LogP contribution < -0.4 is 10.9 Å². The predicted molar refractivity (Wildman–Crippen MR) is 69.3 cm³/mol. The van der Waals surface area contributed by atoms with Gasteiger partial charge in [0.2, 0.25) is 0 Å². The van der Waals surface area contributed by atoms with Crippen LogP contribution in [0.2, 0.25) is 0 Å². The molecule has 4 heteroatoms. The number of hydrogen-bond acceptors (Lipinski definition) is 3. The van der Waals surface area contributed by atoms with E-state index in [1.807, 2.05) is 12.1 Å². The smallest absolute Gasteiger partial charge is 0.252 e. The maximum absolute atomic E-state index is 11.8.